The summed E-state index contributed by atoms with van der Waals surface area (Å²) < 4.78 is 23.2. The lowest BCUT2D eigenvalue weighted by atomic mass is 10.1. The Morgan fingerprint density at radius 1 is 0.708 bits per heavy atom. The van der Waals surface area contributed by atoms with E-state index in [1.54, 1.807) is 42.5 Å². The molecule has 3 aromatic carbocycles. The highest BCUT2D eigenvalue weighted by Gasteiger charge is 2.30. The largest absolute Gasteiger partial charge is 0.464 e. The monoisotopic (exact) mass is 338 g/mol. The zero-order valence-corrected chi connectivity index (χ0v) is 13.6. The standard InChI is InChI=1S/C19H15O4P/c20-15-22-24(21,19-9-5-2-6-10-19)23-18-13-11-17(12-14-18)16-7-3-1-4-8-16/h1-15H. The molecule has 0 amide bonds. The Labute approximate surface area is 140 Å². The molecule has 1 atom stereocenters. The highest BCUT2D eigenvalue weighted by molar-refractivity contribution is 7.63. The van der Waals surface area contributed by atoms with Crippen LogP contribution in [0.15, 0.2) is 84.9 Å². The minimum absolute atomic E-state index is 0.145. The van der Waals surface area contributed by atoms with Crippen molar-refractivity contribution in [3.63, 3.8) is 0 Å². The van der Waals surface area contributed by atoms with Crippen molar-refractivity contribution in [1.82, 2.24) is 0 Å². The van der Waals surface area contributed by atoms with E-state index in [0.29, 0.717) is 11.1 Å². The number of carbonyl (C=O) groups excluding carboxylic acids is 1. The lowest BCUT2D eigenvalue weighted by molar-refractivity contribution is -0.120. The molecule has 0 heterocycles. The van der Waals surface area contributed by atoms with Crippen molar-refractivity contribution in [2.24, 2.45) is 0 Å². The Kier molecular flexibility index (Phi) is 4.78. The Balaban J connectivity index is 1.86. The fourth-order valence-electron chi connectivity index (χ4n) is 2.28. The third-order valence-corrected chi connectivity index (χ3v) is 5.19. The first kappa shape index (κ1) is 16.0. The van der Waals surface area contributed by atoms with Gasteiger partial charge in [-0.3, -0.25) is 4.79 Å². The molecular weight excluding hydrogens is 323 g/mol. The third-order valence-electron chi connectivity index (χ3n) is 3.44. The van der Waals surface area contributed by atoms with Crippen LogP contribution >= 0.6 is 7.60 Å². The van der Waals surface area contributed by atoms with Crippen molar-refractivity contribution in [2.75, 3.05) is 0 Å². The minimum Gasteiger partial charge on any atom is -0.413 e. The second-order valence-corrected chi connectivity index (χ2v) is 6.92. The van der Waals surface area contributed by atoms with Crippen LogP contribution < -0.4 is 9.83 Å². The fraction of sp³-hybridized carbons (Fsp3) is 0. The summed E-state index contributed by atoms with van der Waals surface area (Å²) in [4.78, 5) is 10.7. The molecular formula is C19H15O4P. The van der Waals surface area contributed by atoms with Crippen LogP contribution in [0, 0.1) is 0 Å². The van der Waals surface area contributed by atoms with Gasteiger partial charge in [-0.1, -0.05) is 60.7 Å². The summed E-state index contributed by atoms with van der Waals surface area (Å²) in [6, 6.07) is 25.4. The Morgan fingerprint density at radius 3 is 1.83 bits per heavy atom. The lowest BCUT2D eigenvalue weighted by Gasteiger charge is -2.17. The van der Waals surface area contributed by atoms with Gasteiger partial charge in [-0.05, 0) is 35.4 Å². The third kappa shape index (κ3) is 3.55. The molecule has 0 aliphatic carbocycles. The van der Waals surface area contributed by atoms with Gasteiger partial charge in [0, 0.05) is 0 Å². The minimum atomic E-state index is -3.75. The quantitative estimate of drug-likeness (QED) is 0.493. The van der Waals surface area contributed by atoms with Crippen molar-refractivity contribution in [1.29, 1.82) is 0 Å². The maximum atomic E-state index is 12.9. The van der Waals surface area contributed by atoms with Gasteiger partial charge in [0.05, 0.1) is 5.30 Å². The molecule has 0 saturated carbocycles. The molecule has 0 aromatic heterocycles. The molecule has 120 valence electrons. The van der Waals surface area contributed by atoms with Crippen LogP contribution in [0.25, 0.3) is 11.1 Å². The van der Waals surface area contributed by atoms with Crippen LogP contribution in [-0.2, 0) is 13.9 Å². The maximum Gasteiger partial charge on any atom is 0.464 e. The molecule has 0 saturated heterocycles. The van der Waals surface area contributed by atoms with Crippen LogP contribution in [0.5, 0.6) is 5.75 Å². The summed E-state index contributed by atoms with van der Waals surface area (Å²) >= 11 is 0. The van der Waals surface area contributed by atoms with Crippen molar-refractivity contribution in [3.8, 4) is 16.9 Å². The number of carbonyl (C=O) groups is 1. The number of rotatable bonds is 6. The van der Waals surface area contributed by atoms with Gasteiger partial charge in [-0.25, -0.2) is 4.57 Å². The average Bonchev–Trinajstić information content (AvgIpc) is 2.64. The lowest BCUT2D eigenvalue weighted by Crippen LogP contribution is -2.11. The summed E-state index contributed by atoms with van der Waals surface area (Å²) in [6.07, 6.45) is 0. The van der Waals surface area contributed by atoms with Gasteiger partial charge in [0.25, 0.3) is 0 Å². The molecule has 0 N–H and O–H groups in total. The summed E-state index contributed by atoms with van der Waals surface area (Å²) in [5.74, 6) is 0.365. The molecule has 3 rings (SSSR count). The van der Waals surface area contributed by atoms with Crippen molar-refractivity contribution in [3.05, 3.63) is 84.9 Å². The molecule has 0 fully saturated rings. The second kappa shape index (κ2) is 7.16. The SMILES string of the molecule is O=COP(=O)(Oc1ccc(-c2ccccc2)cc1)c1ccccc1. The number of benzene rings is 3. The molecule has 0 aliphatic rings. The first-order chi connectivity index (χ1) is 11.7. The molecule has 0 aliphatic heterocycles. The van der Waals surface area contributed by atoms with Crippen LogP contribution in [0.1, 0.15) is 0 Å². The molecule has 4 nitrogen and oxygen atoms in total. The van der Waals surface area contributed by atoms with Gasteiger partial charge in [0.2, 0.25) is 0 Å². The van der Waals surface area contributed by atoms with Crippen LogP contribution in [-0.4, -0.2) is 6.47 Å². The molecule has 0 bridgehead atoms. The Hall–Kier alpha value is -2.84. The Morgan fingerprint density at radius 2 is 1.25 bits per heavy atom. The van der Waals surface area contributed by atoms with E-state index in [1.807, 2.05) is 42.5 Å². The first-order valence-corrected chi connectivity index (χ1v) is 8.88. The van der Waals surface area contributed by atoms with Crippen LogP contribution in [0.4, 0.5) is 0 Å². The summed E-state index contributed by atoms with van der Waals surface area (Å²) in [5.41, 5.74) is 2.08. The van der Waals surface area contributed by atoms with Gasteiger partial charge in [-0.15, -0.1) is 0 Å². The van der Waals surface area contributed by atoms with Gasteiger partial charge >= 0.3 is 14.1 Å². The molecule has 1 unspecified atom stereocenters. The van der Waals surface area contributed by atoms with E-state index in [-0.39, 0.29) is 6.47 Å². The van der Waals surface area contributed by atoms with Crippen LogP contribution in [0.2, 0.25) is 0 Å². The summed E-state index contributed by atoms with van der Waals surface area (Å²) in [5, 5.41) is 0.323. The summed E-state index contributed by atoms with van der Waals surface area (Å²) in [7, 11) is -3.75. The van der Waals surface area contributed by atoms with E-state index >= 15 is 0 Å². The van der Waals surface area contributed by atoms with Crippen molar-refractivity contribution in [2.45, 2.75) is 0 Å². The number of hydrogen-bond donors (Lipinski definition) is 0. The van der Waals surface area contributed by atoms with E-state index in [1.165, 1.54) is 0 Å². The smallest absolute Gasteiger partial charge is 0.413 e. The molecule has 0 spiro atoms. The maximum absolute atomic E-state index is 12.9. The highest BCUT2D eigenvalue weighted by Crippen LogP contribution is 2.46. The summed E-state index contributed by atoms with van der Waals surface area (Å²) in [6.45, 7) is 0.145. The molecule has 5 heteroatoms. The predicted octanol–water partition coefficient (Wildman–Crippen LogP) is 4.42. The number of hydrogen-bond acceptors (Lipinski definition) is 4. The van der Waals surface area contributed by atoms with E-state index < -0.39 is 7.60 Å². The zero-order chi connectivity index (χ0) is 16.8. The van der Waals surface area contributed by atoms with E-state index in [4.69, 9.17) is 9.05 Å². The molecule has 24 heavy (non-hydrogen) atoms. The van der Waals surface area contributed by atoms with Gasteiger partial charge in [0.15, 0.2) is 0 Å². The highest BCUT2D eigenvalue weighted by atomic mass is 31.2. The fourth-order valence-corrected chi connectivity index (χ4v) is 3.60. The van der Waals surface area contributed by atoms with Gasteiger partial charge in [0.1, 0.15) is 5.75 Å². The van der Waals surface area contributed by atoms with E-state index in [9.17, 15) is 9.36 Å². The normalized spacial score (nSPS) is 12.8. The van der Waals surface area contributed by atoms with E-state index in [0.717, 1.165) is 11.1 Å². The Bertz CT molecular complexity index is 846. The zero-order valence-electron chi connectivity index (χ0n) is 12.7. The topological polar surface area (TPSA) is 52.6 Å². The van der Waals surface area contributed by atoms with Gasteiger partial charge < -0.3 is 9.05 Å². The first-order valence-electron chi connectivity index (χ1n) is 7.34. The average molecular weight is 338 g/mol. The predicted molar refractivity (Wildman–Crippen MR) is 93.3 cm³/mol. The molecule has 0 radical (unpaired) electrons. The van der Waals surface area contributed by atoms with Crippen molar-refractivity contribution >= 4 is 19.4 Å². The van der Waals surface area contributed by atoms with Gasteiger partial charge in [-0.2, -0.15) is 0 Å². The molecule has 3 aromatic rings. The van der Waals surface area contributed by atoms with E-state index in [2.05, 4.69) is 0 Å². The second-order valence-electron chi connectivity index (χ2n) is 5.02. The van der Waals surface area contributed by atoms with Crippen molar-refractivity contribution < 1.29 is 18.4 Å². The van der Waals surface area contributed by atoms with Crippen LogP contribution in [0.3, 0.4) is 0 Å².